The van der Waals surface area contributed by atoms with Gasteiger partial charge in [0, 0.05) is 53.6 Å². The van der Waals surface area contributed by atoms with E-state index in [-0.39, 0.29) is 17.2 Å². The van der Waals surface area contributed by atoms with Crippen LogP contribution in [0.3, 0.4) is 0 Å². The molecule has 3 aromatic rings. The normalized spacial score (nSPS) is 14.4. The molecule has 7 heteroatoms. The quantitative estimate of drug-likeness (QED) is 0.512. The lowest BCUT2D eigenvalue weighted by Crippen LogP contribution is -2.25. The fourth-order valence-corrected chi connectivity index (χ4v) is 3.82. The molecule has 29 heavy (non-hydrogen) atoms. The van der Waals surface area contributed by atoms with Crippen LogP contribution in [0.1, 0.15) is 36.0 Å². The minimum atomic E-state index is -0.402. The molecule has 7 nitrogen and oxygen atoms in total. The molecular formula is C22H22N4O3. The van der Waals surface area contributed by atoms with E-state index in [1.807, 2.05) is 18.2 Å². The zero-order valence-corrected chi connectivity index (χ0v) is 16.0. The molecule has 0 unspecified atom stereocenters. The molecule has 0 radical (unpaired) electrons. The number of pyridine rings is 1. The van der Waals surface area contributed by atoms with Gasteiger partial charge in [-0.1, -0.05) is 25.0 Å². The second-order valence-corrected chi connectivity index (χ2v) is 7.22. The molecule has 0 bridgehead atoms. The third kappa shape index (κ3) is 4.03. The highest BCUT2D eigenvalue weighted by Gasteiger charge is 2.23. The van der Waals surface area contributed by atoms with E-state index in [1.165, 1.54) is 6.07 Å². The molecule has 0 aliphatic carbocycles. The number of benzene rings is 2. The highest BCUT2D eigenvalue weighted by Crippen LogP contribution is 2.31. The Hall–Kier alpha value is -3.48. The van der Waals surface area contributed by atoms with E-state index in [0.29, 0.717) is 11.4 Å². The van der Waals surface area contributed by atoms with Crippen molar-refractivity contribution >= 4 is 33.7 Å². The van der Waals surface area contributed by atoms with Gasteiger partial charge in [0.15, 0.2) is 0 Å². The number of hydrogen-bond donors (Lipinski definition) is 1. The molecule has 148 valence electrons. The lowest BCUT2D eigenvalue weighted by Gasteiger charge is -2.22. The lowest BCUT2D eigenvalue weighted by atomic mass is 10.1. The van der Waals surface area contributed by atoms with Crippen LogP contribution >= 0.6 is 0 Å². The van der Waals surface area contributed by atoms with Crippen molar-refractivity contribution in [3.8, 4) is 0 Å². The maximum absolute atomic E-state index is 12.8. The number of fused-ring (bicyclic) bond motifs is 1. The summed E-state index contributed by atoms with van der Waals surface area (Å²) in [6.07, 6.45) is 7.73. The number of nitrogens with zero attached hydrogens (tertiary/aromatic N) is 3. The van der Waals surface area contributed by atoms with Gasteiger partial charge in [0.2, 0.25) is 0 Å². The van der Waals surface area contributed by atoms with Crippen molar-refractivity contribution < 1.29 is 9.72 Å². The van der Waals surface area contributed by atoms with Crippen molar-refractivity contribution in [3.05, 3.63) is 70.5 Å². The molecule has 0 atom stereocenters. The van der Waals surface area contributed by atoms with Gasteiger partial charge in [-0.2, -0.15) is 0 Å². The first-order valence-corrected chi connectivity index (χ1v) is 9.81. The number of nitro benzene ring substituents is 1. The number of carbonyl (C=O) groups is 1. The van der Waals surface area contributed by atoms with Gasteiger partial charge in [0.25, 0.3) is 11.6 Å². The molecule has 1 aliphatic rings. The number of aromatic nitrogens is 1. The fourth-order valence-electron chi connectivity index (χ4n) is 3.82. The zero-order chi connectivity index (χ0) is 20.2. The summed E-state index contributed by atoms with van der Waals surface area (Å²) in [5.41, 5.74) is 1.47. The Balaban J connectivity index is 1.63. The predicted octanol–water partition coefficient (Wildman–Crippen LogP) is 4.78. The van der Waals surface area contributed by atoms with E-state index < -0.39 is 4.92 Å². The smallest absolute Gasteiger partial charge is 0.293 e. The van der Waals surface area contributed by atoms with Crippen LogP contribution in [0.5, 0.6) is 0 Å². The van der Waals surface area contributed by atoms with Gasteiger partial charge in [0.05, 0.1) is 4.92 Å². The SMILES string of the molecule is O=C(Nc1cccc2cnccc12)c1ccc(N2CCCCCC2)c([N+](=O)[O-])c1. The van der Waals surface area contributed by atoms with Crippen LogP contribution in [-0.4, -0.2) is 28.9 Å². The standard InChI is InChI=1S/C22H22N4O3/c27-22(24-19-7-5-6-17-15-23-11-10-18(17)19)16-8-9-20(21(14-16)26(28)29)25-12-3-1-2-4-13-25/h5-11,14-15H,1-4,12-13H2,(H,24,27). The molecule has 0 saturated carbocycles. The molecule has 1 aliphatic heterocycles. The molecule has 0 spiro atoms. The van der Waals surface area contributed by atoms with Crippen LogP contribution in [0, 0.1) is 10.1 Å². The van der Waals surface area contributed by atoms with Gasteiger partial charge in [-0.15, -0.1) is 0 Å². The van der Waals surface area contributed by atoms with E-state index in [4.69, 9.17) is 0 Å². The van der Waals surface area contributed by atoms with Crippen LogP contribution in [0.2, 0.25) is 0 Å². The second-order valence-electron chi connectivity index (χ2n) is 7.22. The minimum Gasteiger partial charge on any atom is -0.366 e. The predicted molar refractivity (Wildman–Crippen MR) is 113 cm³/mol. The highest BCUT2D eigenvalue weighted by atomic mass is 16.6. The molecule has 4 rings (SSSR count). The van der Waals surface area contributed by atoms with Gasteiger partial charge in [-0.3, -0.25) is 19.9 Å². The van der Waals surface area contributed by atoms with Crippen molar-refractivity contribution in [1.29, 1.82) is 0 Å². The van der Waals surface area contributed by atoms with Gasteiger partial charge in [-0.05, 0) is 37.1 Å². The average molecular weight is 390 g/mol. The molecule has 1 aromatic heterocycles. The van der Waals surface area contributed by atoms with E-state index >= 15 is 0 Å². The van der Waals surface area contributed by atoms with Crippen molar-refractivity contribution in [3.63, 3.8) is 0 Å². The topological polar surface area (TPSA) is 88.4 Å². The van der Waals surface area contributed by atoms with E-state index in [2.05, 4.69) is 15.2 Å². The number of nitro groups is 1. The number of hydrogen-bond acceptors (Lipinski definition) is 5. The van der Waals surface area contributed by atoms with Gasteiger partial charge in [-0.25, -0.2) is 0 Å². The highest BCUT2D eigenvalue weighted by molar-refractivity contribution is 6.09. The Morgan fingerprint density at radius 1 is 1.07 bits per heavy atom. The van der Waals surface area contributed by atoms with Crippen LogP contribution in [0.4, 0.5) is 17.1 Å². The maximum atomic E-state index is 12.8. The Kier molecular flexibility index (Phi) is 5.37. The number of amides is 1. The average Bonchev–Trinajstić information content (AvgIpc) is 3.03. The third-order valence-corrected chi connectivity index (χ3v) is 5.31. The molecule has 1 N–H and O–H groups in total. The summed E-state index contributed by atoms with van der Waals surface area (Å²) in [6.45, 7) is 1.60. The fraction of sp³-hybridized carbons (Fsp3) is 0.273. The molecule has 1 saturated heterocycles. The number of carbonyl (C=O) groups excluding carboxylic acids is 1. The third-order valence-electron chi connectivity index (χ3n) is 5.31. The first-order chi connectivity index (χ1) is 14.1. The molecule has 2 aromatic carbocycles. The largest absolute Gasteiger partial charge is 0.366 e. The summed E-state index contributed by atoms with van der Waals surface area (Å²) in [5, 5.41) is 16.3. The van der Waals surface area contributed by atoms with E-state index in [1.54, 1.807) is 30.6 Å². The van der Waals surface area contributed by atoms with Gasteiger partial charge >= 0.3 is 0 Å². The van der Waals surface area contributed by atoms with Crippen molar-refractivity contribution in [2.75, 3.05) is 23.3 Å². The summed E-state index contributed by atoms with van der Waals surface area (Å²) in [7, 11) is 0. The number of rotatable bonds is 4. The number of nitrogens with one attached hydrogen (secondary N) is 1. The van der Waals surface area contributed by atoms with E-state index in [9.17, 15) is 14.9 Å². The molecular weight excluding hydrogens is 368 g/mol. The lowest BCUT2D eigenvalue weighted by molar-refractivity contribution is -0.384. The summed E-state index contributed by atoms with van der Waals surface area (Å²) >= 11 is 0. The van der Waals surface area contributed by atoms with Crippen LogP contribution in [-0.2, 0) is 0 Å². The van der Waals surface area contributed by atoms with Crippen LogP contribution < -0.4 is 10.2 Å². The first-order valence-electron chi connectivity index (χ1n) is 9.81. The summed E-state index contributed by atoms with van der Waals surface area (Å²) in [5.74, 6) is -0.375. The summed E-state index contributed by atoms with van der Waals surface area (Å²) < 4.78 is 0. The Morgan fingerprint density at radius 2 is 1.86 bits per heavy atom. The van der Waals surface area contributed by atoms with Gasteiger partial charge < -0.3 is 10.2 Å². The Labute approximate surface area is 168 Å². The first kappa shape index (κ1) is 18.9. The second kappa shape index (κ2) is 8.26. The molecule has 1 fully saturated rings. The summed E-state index contributed by atoms with van der Waals surface area (Å²) in [6, 6.07) is 12.1. The van der Waals surface area contributed by atoms with Crippen LogP contribution in [0.25, 0.3) is 10.8 Å². The molecule has 2 heterocycles. The van der Waals surface area contributed by atoms with Gasteiger partial charge in [0.1, 0.15) is 5.69 Å². The monoisotopic (exact) mass is 390 g/mol. The molecule has 1 amide bonds. The van der Waals surface area contributed by atoms with Crippen molar-refractivity contribution in [2.45, 2.75) is 25.7 Å². The van der Waals surface area contributed by atoms with Crippen molar-refractivity contribution in [2.24, 2.45) is 0 Å². The van der Waals surface area contributed by atoms with E-state index in [0.717, 1.165) is 49.5 Å². The maximum Gasteiger partial charge on any atom is 0.293 e. The van der Waals surface area contributed by atoms with Crippen molar-refractivity contribution in [1.82, 2.24) is 4.98 Å². The summed E-state index contributed by atoms with van der Waals surface area (Å²) in [4.78, 5) is 30.3. The zero-order valence-electron chi connectivity index (χ0n) is 16.0. The number of anilines is 2. The Morgan fingerprint density at radius 3 is 2.62 bits per heavy atom. The van der Waals surface area contributed by atoms with Crippen LogP contribution in [0.15, 0.2) is 54.9 Å². The minimum absolute atomic E-state index is 0.0262. The Bertz CT molecular complexity index is 1050.